The molecule has 7 heteroatoms. The molecule has 0 aromatic carbocycles. The van der Waals surface area contributed by atoms with E-state index in [-0.39, 0.29) is 0 Å². The standard InChI is InChI=1S/C16H29N7/c1-12(2)22-9-6-13(7-10-22)19-16(17-3)18-11-15-21-20-14-5-4-8-23(14)15/h12-13H,4-11H2,1-3H3,(H2,17,18,19). The van der Waals surface area contributed by atoms with E-state index < -0.39 is 0 Å². The number of hydrogen-bond acceptors (Lipinski definition) is 4. The second-order valence-corrected chi connectivity index (χ2v) is 6.76. The Morgan fingerprint density at radius 2 is 2.04 bits per heavy atom. The molecule has 1 aromatic rings. The van der Waals surface area contributed by atoms with Crippen molar-refractivity contribution in [3.8, 4) is 0 Å². The highest BCUT2D eigenvalue weighted by molar-refractivity contribution is 5.79. The quantitative estimate of drug-likeness (QED) is 0.633. The number of aryl methyl sites for hydroxylation is 1. The first-order valence-electron chi connectivity index (χ1n) is 8.79. The number of nitrogens with zero attached hydrogens (tertiary/aromatic N) is 5. The van der Waals surface area contributed by atoms with Crippen LogP contribution in [0.4, 0.5) is 0 Å². The Hall–Kier alpha value is -1.63. The van der Waals surface area contributed by atoms with Crippen molar-refractivity contribution in [1.29, 1.82) is 0 Å². The number of rotatable bonds is 4. The van der Waals surface area contributed by atoms with Gasteiger partial charge in [0.25, 0.3) is 0 Å². The van der Waals surface area contributed by atoms with Crippen molar-refractivity contribution in [3.63, 3.8) is 0 Å². The van der Waals surface area contributed by atoms with E-state index >= 15 is 0 Å². The minimum absolute atomic E-state index is 0.500. The number of aromatic nitrogens is 3. The molecule has 0 spiro atoms. The summed E-state index contributed by atoms with van der Waals surface area (Å²) in [5, 5.41) is 15.5. The molecule has 1 saturated heterocycles. The molecule has 0 aliphatic carbocycles. The van der Waals surface area contributed by atoms with E-state index in [1.807, 2.05) is 7.05 Å². The summed E-state index contributed by atoms with van der Waals surface area (Å²) in [6.45, 7) is 8.57. The fourth-order valence-corrected chi connectivity index (χ4v) is 3.45. The van der Waals surface area contributed by atoms with E-state index in [2.05, 4.69) is 49.1 Å². The van der Waals surface area contributed by atoms with E-state index in [9.17, 15) is 0 Å². The Balaban J connectivity index is 1.47. The molecule has 7 nitrogen and oxygen atoms in total. The second-order valence-electron chi connectivity index (χ2n) is 6.76. The molecule has 1 fully saturated rings. The number of hydrogen-bond donors (Lipinski definition) is 2. The predicted octanol–water partition coefficient (Wildman–Crippen LogP) is 0.762. The molecular formula is C16H29N7. The summed E-state index contributed by atoms with van der Waals surface area (Å²) in [5.74, 6) is 2.99. The normalized spacial score (nSPS) is 20.1. The minimum Gasteiger partial charge on any atom is -0.354 e. The van der Waals surface area contributed by atoms with Gasteiger partial charge in [-0.05, 0) is 33.1 Å². The Labute approximate surface area is 138 Å². The van der Waals surface area contributed by atoms with Crippen LogP contribution in [0.5, 0.6) is 0 Å². The molecule has 0 unspecified atom stereocenters. The summed E-state index contributed by atoms with van der Waals surface area (Å²) in [7, 11) is 1.83. The number of likely N-dealkylation sites (tertiary alicyclic amines) is 1. The number of aliphatic imine (C=N–C) groups is 1. The van der Waals surface area contributed by atoms with E-state index in [1.54, 1.807) is 0 Å². The first-order valence-corrected chi connectivity index (χ1v) is 8.79. The molecule has 0 atom stereocenters. The van der Waals surface area contributed by atoms with Crippen molar-refractivity contribution in [3.05, 3.63) is 11.6 Å². The summed E-state index contributed by atoms with van der Waals surface area (Å²) in [5.41, 5.74) is 0. The van der Waals surface area contributed by atoms with Crippen LogP contribution in [0.2, 0.25) is 0 Å². The summed E-state index contributed by atoms with van der Waals surface area (Å²) in [6, 6.07) is 1.14. The highest BCUT2D eigenvalue weighted by atomic mass is 15.3. The van der Waals surface area contributed by atoms with Crippen LogP contribution < -0.4 is 10.6 Å². The molecule has 0 saturated carbocycles. The van der Waals surface area contributed by atoms with Gasteiger partial charge in [0.15, 0.2) is 11.8 Å². The van der Waals surface area contributed by atoms with Crippen LogP contribution >= 0.6 is 0 Å². The summed E-state index contributed by atoms with van der Waals surface area (Å²) in [6.07, 6.45) is 4.56. The van der Waals surface area contributed by atoms with E-state index in [4.69, 9.17) is 0 Å². The maximum atomic E-state index is 4.35. The molecule has 3 heterocycles. The van der Waals surface area contributed by atoms with Gasteiger partial charge >= 0.3 is 0 Å². The number of fused-ring (bicyclic) bond motifs is 1. The monoisotopic (exact) mass is 319 g/mol. The van der Waals surface area contributed by atoms with Crippen LogP contribution in [-0.4, -0.2) is 57.8 Å². The lowest BCUT2D eigenvalue weighted by Crippen LogP contribution is -2.49. The zero-order valence-electron chi connectivity index (χ0n) is 14.5. The highest BCUT2D eigenvalue weighted by Gasteiger charge is 2.22. The van der Waals surface area contributed by atoms with Crippen LogP contribution in [-0.2, 0) is 19.5 Å². The molecule has 2 N–H and O–H groups in total. The number of nitrogens with one attached hydrogen (secondary N) is 2. The van der Waals surface area contributed by atoms with Gasteiger partial charge < -0.3 is 20.1 Å². The summed E-state index contributed by atoms with van der Waals surface area (Å²) in [4.78, 5) is 6.89. The molecule has 128 valence electrons. The lowest BCUT2D eigenvalue weighted by atomic mass is 10.0. The van der Waals surface area contributed by atoms with Crippen molar-refractivity contribution in [2.24, 2.45) is 4.99 Å². The molecular weight excluding hydrogens is 290 g/mol. The maximum absolute atomic E-state index is 4.35. The lowest BCUT2D eigenvalue weighted by Gasteiger charge is -2.35. The van der Waals surface area contributed by atoms with Gasteiger partial charge in [0.2, 0.25) is 0 Å². The van der Waals surface area contributed by atoms with Crippen molar-refractivity contribution in [2.45, 2.75) is 64.7 Å². The second kappa shape index (κ2) is 7.29. The lowest BCUT2D eigenvalue weighted by molar-refractivity contribution is 0.167. The van der Waals surface area contributed by atoms with Gasteiger partial charge in [-0.2, -0.15) is 0 Å². The van der Waals surface area contributed by atoms with Crippen LogP contribution in [0, 0.1) is 0 Å². The third kappa shape index (κ3) is 3.83. The van der Waals surface area contributed by atoms with Gasteiger partial charge in [-0.1, -0.05) is 0 Å². The third-order valence-corrected chi connectivity index (χ3v) is 4.92. The van der Waals surface area contributed by atoms with Gasteiger partial charge in [-0.3, -0.25) is 4.99 Å². The molecule has 23 heavy (non-hydrogen) atoms. The van der Waals surface area contributed by atoms with Crippen LogP contribution in [0.25, 0.3) is 0 Å². The molecule has 0 amide bonds. The first kappa shape index (κ1) is 16.2. The largest absolute Gasteiger partial charge is 0.354 e. The fourth-order valence-electron chi connectivity index (χ4n) is 3.45. The molecule has 0 radical (unpaired) electrons. The zero-order valence-corrected chi connectivity index (χ0v) is 14.5. The van der Waals surface area contributed by atoms with Crippen molar-refractivity contribution in [1.82, 2.24) is 30.3 Å². The molecule has 2 aliphatic heterocycles. The van der Waals surface area contributed by atoms with Crippen molar-refractivity contribution >= 4 is 5.96 Å². The van der Waals surface area contributed by atoms with Gasteiger partial charge in [-0.25, -0.2) is 0 Å². The molecule has 0 bridgehead atoms. The van der Waals surface area contributed by atoms with Crippen molar-refractivity contribution in [2.75, 3.05) is 20.1 Å². The number of guanidine groups is 1. The maximum Gasteiger partial charge on any atom is 0.191 e. The zero-order chi connectivity index (χ0) is 16.2. The first-order chi connectivity index (χ1) is 11.2. The molecule has 2 aliphatic rings. The number of piperidine rings is 1. The predicted molar refractivity (Wildman–Crippen MR) is 91.4 cm³/mol. The Morgan fingerprint density at radius 3 is 2.74 bits per heavy atom. The Bertz CT molecular complexity index is 541. The fraction of sp³-hybridized carbons (Fsp3) is 0.812. The smallest absolute Gasteiger partial charge is 0.191 e. The van der Waals surface area contributed by atoms with E-state index in [0.29, 0.717) is 18.6 Å². The highest BCUT2D eigenvalue weighted by Crippen LogP contribution is 2.14. The summed E-state index contributed by atoms with van der Waals surface area (Å²) >= 11 is 0. The molecule has 3 rings (SSSR count). The SMILES string of the molecule is CN=C(NCc1nnc2n1CCC2)NC1CCN(C(C)C)CC1. The van der Waals surface area contributed by atoms with E-state index in [0.717, 1.165) is 43.7 Å². The summed E-state index contributed by atoms with van der Waals surface area (Å²) < 4.78 is 2.22. The topological polar surface area (TPSA) is 70.4 Å². The Morgan fingerprint density at radius 1 is 1.26 bits per heavy atom. The van der Waals surface area contributed by atoms with Crippen LogP contribution in [0.1, 0.15) is 44.8 Å². The van der Waals surface area contributed by atoms with Gasteiger partial charge in [0.05, 0.1) is 6.54 Å². The van der Waals surface area contributed by atoms with Crippen LogP contribution in [0.15, 0.2) is 4.99 Å². The molecule has 1 aromatic heterocycles. The average Bonchev–Trinajstić information content (AvgIpc) is 3.16. The van der Waals surface area contributed by atoms with Gasteiger partial charge in [0.1, 0.15) is 5.82 Å². The van der Waals surface area contributed by atoms with Gasteiger partial charge in [-0.15, -0.1) is 10.2 Å². The third-order valence-electron chi connectivity index (χ3n) is 4.92. The minimum atomic E-state index is 0.500. The van der Waals surface area contributed by atoms with E-state index in [1.165, 1.54) is 19.3 Å². The Kier molecular flexibility index (Phi) is 5.15. The van der Waals surface area contributed by atoms with Crippen molar-refractivity contribution < 1.29 is 0 Å². The van der Waals surface area contributed by atoms with Crippen LogP contribution in [0.3, 0.4) is 0 Å². The van der Waals surface area contributed by atoms with Gasteiger partial charge in [0, 0.05) is 45.2 Å². The average molecular weight is 319 g/mol.